The fourth-order valence-electron chi connectivity index (χ4n) is 6.16. The fraction of sp³-hybridized carbons (Fsp3) is 0.615. The van der Waals surface area contributed by atoms with E-state index in [0.717, 1.165) is 56.3 Å². The predicted octanol–water partition coefficient (Wildman–Crippen LogP) is 2.72. The van der Waals surface area contributed by atoms with Crippen molar-refractivity contribution in [1.82, 2.24) is 4.90 Å². The third kappa shape index (κ3) is 2.94. The van der Waals surface area contributed by atoms with Gasteiger partial charge < -0.3 is 15.2 Å². The van der Waals surface area contributed by atoms with Gasteiger partial charge in [0.15, 0.2) is 11.5 Å². The Labute approximate surface area is 189 Å². The molecule has 2 aliphatic heterocycles. The van der Waals surface area contributed by atoms with Crippen molar-refractivity contribution in [1.29, 1.82) is 0 Å². The van der Waals surface area contributed by atoms with Crippen molar-refractivity contribution in [2.45, 2.75) is 69.1 Å². The molecular weight excluding hydrogens is 402 g/mol. The molecule has 0 bridgehead atoms. The molecule has 5 aliphatic rings. The van der Waals surface area contributed by atoms with Gasteiger partial charge in [0.1, 0.15) is 0 Å². The molecule has 0 radical (unpaired) electrons. The van der Waals surface area contributed by atoms with E-state index in [-0.39, 0.29) is 23.5 Å². The minimum absolute atomic E-state index is 0.0208. The summed E-state index contributed by atoms with van der Waals surface area (Å²) < 4.78 is 11.3. The number of guanidine groups is 1. The average Bonchev–Trinajstić information content (AvgIpc) is 3.52. The maximum atomic E-state index is 14.2. The van der Waals surface area contributed by atoms with Crippen molar-refractivity contribution in [3.8, 4) is 11.8 Å². The van der Waals surface area contributed by atoms with Crippen LogP contribution in [0.1, 0.15) is 61.6 Å². The molecule has 1 saturated heterocycles. The van der Waals surface area contributed by atoms with E-state index in [1.807, 2.05) is 0 Å². The molecule has 2 N–H and O–H groups in total. The van der Waals surface area contributed by atoms with Crippen molar-refractivity contribution >= 4 is 11.9 Å². The lowest BCUT2D eigenvalue weighted by Crippen LogP contribution is -2.54. The number of fused-ring (bicyclic) bond motifs is 3. The Kier molecular flexibility index (Phi) is 4.64. The zero-order valence-electron chi connectivity index (χ0n) is 18.7. The Morgan fingerprint density at radius 2 is 2.03 bits per heavy atom. The normalized spacial score (nSPS) is 35.5. The third-order valence-corrected chi connectivity index (χ3v) is 8.31. The largest absolute Gasteiger partial charge is 0.381 e. The Balaban J connectivity index is 1.43. The summed E-state index contributed by atoms with van der Waals surface area (Å²) in [7, 11) is 1.78. The van der Waals surface area contributed by atoms with Crippen molar-refractivity contribution < 1.29 is 14.3 Å². The SMILES string of the molecule is COC1CCC2(CC1)Cc1ccc(C#CC3CC3)cc1C21N=C(N)N(CC2CCO2)C1=O. The van der Waals surface area contributed by atoms with E-state index in [1.165, 1.54) is 18.4 Å². The summed E-state index contributed by atoms with van der Waals surface area (Å²) in [6, 6.07) is 6.40. The molecule has 1 aromatic rings. The summed E-state index contributed by atoms with van der Waals surface area (Å²) in [5, 5.41) is 0. The first-order chi connectivity index (χ1) is 15.5. The van der Waals surface area contributed by atoms with Crippen LogP contribution in [0.4, 0.5) is 0 Å². The number of nitrogens with two attached hydrogens (primary N) is 1. The zero-order valence-corrected chi connectivity index (χ0v) is 18.7. The van der Waals surface area contributed by atoms with Gasteiger partial charge in [0.05, 0.1) is 18.8 Å². The van der Waals surface area contributed by atoms with Crippen LogP contribution in [-0.4, -0.2) is 49.2 Å². The highest BCUT2D eigenvalue weighted by Gasteiger charge is 2.66. The number of ether oxygens (including phenoxy) is 2. The lowest BCUT2D eigenvalue weighted by molar-refractivity contribution is -0.141. The lowest BCUT2D eigenvalue weighted by Gasteiger charge is -2.45. The monoisotopic (exact) mass is 433 g/mol. The number of methoxy groups -OCH3 is 1. The molecule has 168 valence electrons. The second-order valence-corrected chi connectivity index (χ2v) is 10.2. The van der Waals surface area contributed by atoms with Gasteiger partial charge in [-0.3, -0.25) is 9.69 Å². The standard InChI is InChI=1S/C26H31N3O3/c1-31-20-8-11-25(12-9-20)15-19-7-6-18(5-4-17-2-3-17)14-22(19)26(25)23(30)29(24(27)28-26)16-21-10-13-32-21/h6-7,14,17,20-21H,2-3,8-13,15-16H2,1H3,(H2,27,28). The van der Waals surface area contributed by atoms with Gasteiger partial charge in [-0.2, -0.15) is 0 Å². The van der Waals surface area contributed by atoms with Gasteiger partial charge in [-0.15, -0.1) is 0 Å². The molecular formula is C26H31N3O3. The van der Waals surface area contributed by atoms with Crippen LogP contribution in [0.15, 0.2) is 23.2 Å². The molecule has 2 saturated carbocycles. The van der Waals surface area contributed by atoms with E-state index in [9.17, 15) is 4.79 Å². The van der Waals surface area contributed by atoms with Crippen LogP contribution >= 0.6 is 0 Å². The molecule has 2 heterocycles. The van der Waals surface area contributed by atoms with E-state index in [0.29, 0.717) is 18.4 Å². The number of carbonyl (C=O) groups excluding carboxylic acids is 1. The smallest absolute Gasteiger partial charge is 0.262 e. The van der Waals surface area contributed by atoms with E-state index in [1.54, 1.807) is 12.0 Å². The summed E-state index contributed by atoms with van der Waals surface area (Å²) in [5.41, 5.74) is 8.43. The molecule has 6 nitrogen and oxygen atoms in total. The number of amides is 1. The number of rotatable bonds is 3. The summed E-state index contributed by atoms with van der Waals surface area (Å²) in [6.45, 7) is 1.24. The minimum atomic E-state index is -0.952. The maximum Gasteiger partial charge on any atom is 0.262 e. The van der Waals surface area contributed by atoms with Crippen LogP contribution in [0.2, 0.25) is 0 Å². The predicted molar refractivity (Wildman–Crippen MR) is 121 cm³/mol. The second kappa shape index (κ2) is 7.33. The Bertz CT molecular complexity index is 1040. The van der Waals surface area contributed by atoms with Gasteiger partial charge in [0.2, 0.25) is 0 Å². The van der Waals surface area contributed by atoms with Gasteiger partial charge in [0, 0.05) is 30.6 Å². The highest BCUT2D eigenvalue weighted by molar-refractivity contribution is 6.08. The third-order valence-electron chi connectivity index (χ3n) is 8.31. The van der Waals surface area contributed by atoms with Crippen LogP contribution in [0.5, 0.6) is 0 Å². The van der Waals surface area contributed by atoms with Gasteiger partial charge in [-0.05, 0) is 74.6 Å². The first-order valence-corrected chi connectivity index (χ1v) is 12.0. The molecule has 32 heavy (non-hydrogen) atoms. The molecule has 3 aliphatic carbocycles. The van der Waals surface area contributed by atoms with Gasteiger partial charge in [0.25, 0.3) is 5.91 Å². The zero-order chi connectivity index (χ0) is 21.9. The molecule has 1 amide bonds. The van der Waals surface area contributed by atoms with Crippen LogP contribution < -0.4 is 5.73 Å². The molecule has 6 heteroatoms. The second-order valence-electron chi connectivity index (χ2n) is 10.2. The molecule has 2 atom stereocenters. The molecule has 1 aromatic carbocycles. The Hall–Kier alpha value is -2.36. The van der Waals surface area contributed by atoms with Gasteiger partial charge in [-0.1, -0.05) is 17.9 Å². The van der Waals surface area contributed by atoms with Crippen LogP contribution in [0.3, 0.4) is 0 Å². The van der Waals surface area contributed by atoms with Crippen LogP contribution in [0, 0.1) is 23.2 Å². The molecule has 0 aromatic heterocycles. The van der Waals surface area contributed by atoms with Crippen molar-refractivity contribution in [2.75, 3.05) is 20.3 Å². The first-order valence-electron chi connectivity index (χ1n) is 12.0. The molecule has 6 rings (SSSR count). The number of hydrogen-bond acceptors (Lipinski definition) is 5. The highest BCUT2D eigenvalue weighted by Crippen LogP contribution is 2.62. The number of carbonyl (C=O) groups is 1. The van der Waals surface area contributed by atoms with E-state index >= 15 is 0 Å². The highest BCUT2D eigenvalue weighted by atomic mass is 16.5. The minimum Gasteiger partial charge on any atom is -0.381 e. The van der Waals surface area contributed by atoms with Gasteiger partial charge in [-0.25, -0.2) is 4.99 Å². The van der Waals surface area contributed by atoms with E-state index in [2.05, 4.69) is 30.0 Å². The molecule has 2 unspecified atom stereocenters. The van der Waals surface area contributed by atoms with E-state index in [4.69, 9.17) is 20.2 Å². The summed E-state index contributed by atoms with van der Waals surface area (Å²) >= 11 is 0. The number of aliphatic imine (C=N–C) groups is 1. The quantitative estimate of drug-likeness (QED) is 0.744. The molecule has 2 spiro atoms. The maximum absolute atomic E-state index is 14.2. The average molecular weight is 434 g/mol. The van der Waals surface area contributed by atoms with Crippen molar-refractivity contribution in [3.05, 3.63) is 34.9 Å². The van der Waals surface area contributed by atoms with Crippen molar-refractivity contribution in [3.63, 3.8) is 0 Å². The van der Waals surface area contributed by atoms with Crippen LogP contribution in [-0.2, 0) is 26.2 Å². The molecule has 3 fully saturated rings. The number of hydrogen-bond donors (Lipinski definition) is 1. The Morgan fingerprint density at radius 1 is 1.25 bits per heavy atom. The topological polar surface area (TPSA) is 77.2 Å². The summed E-state index contributed by atoms with van der Waals surface area (Å²) in [4.78, 5) is 20.9. The van der Waals surface area contributed by atoms with Crippen LogP contribution in [0.25, 0.3) is 0 Å². The van der Waals surface area contributed by atoms with Crippen molar-refractivity contribution in [2.24, 2.45) is 22.1 Å². The summed E-state index contributed by atoms with van der Waals surface area (Å²) in [6.07, 6.45) is 8.20. The van der Waals surface area contributed by atoms with E-state index < -0.39 is 5.54 Å². The Morgan fingerprint density at radius 3 is 2.69 bits per heavy atom. The lowest BCUT2D eigenvalue weighted by atomic mass is 9.61. The number of nitrogens with zero attached hydrogens (tertiary/aromatic N) is 2. The first kappa shape index (κ1) is 20.3. The number of benzene rings is 1. The fourth-order valence-corrected chi connectivity index (χ4v) is 6.16. The summed E-state index contributed by atoms with van der Waals surface area (Å²) in [5.74, 6) is 7.59. The van der Waals surface area contributed by atoms with Gasteiger partial charge >= 0.3 is 0 Å².